The first-order chi connectivity index (χ1) is 16.4. The van der Waals surface area contributed by atoms with Gasteiger partial charge in [-0.15, -0.1) is 0 Å². The zero-order valence-electron chi connectivity index (χ0n) is 17.9. The van der Waals surface area contributed by atoms with Crippen LogP contribution in [0.15, 0.2) is 115 Å². The fraction of sp³-hybridized carbons (Fsp3) is 0. The first kappa shape index (κ1) is 17.3. The second-order valence-corrected chi connectivity index (χ2v) is 8.96. The van der Waals surface area contributed by atoms with Gasteiger partial charge in [0.05, 0.1) is 0 Å². The van der Waals surface area contributed by atoms with Crippen LogP contribution in [0.3, 0.4) is 0 Å². The summed E-state index contributed by atoms with van der Waals surface area (Å²) in [5.41, 5.74) is 11.8. The average molecular weight is 418 g/mol. The number of nitrogens with zero attached hydrogens (tertiary/aromatic N) is 2. The molecule has 152 valence electrons. The second-order valence-electron chi connectivity index (χ2n) is 8.96. The Morgan fingerprint density at radius 1 is 0.515 bits per heavy atom. The number of para-hydroxylation sites is 4. The number of hydrogen-bond acceptors (Lipinski definition) is 1. The molecule has 0 amide bonds. The summed E-state index contributed by atoms with van der Waals surface area (Å²) in [6.07, 6.45) is 0. The van der Waals surface area contributed by atoms with Crippen LogP contribution in [-0.2, 0) is 0 Å². The minimum Gasteiger partial charge on any atom is -0.375 e. The molecule has 8 rings (SSSR count). The first-order valence-electron chi connectivity index (χ1n) is 11.5. The summed E-state index contributed by atoms with van der Waals surface area (Å²) in [5.74, 6) is 0. The highest BCUT2D eigenvalue weighted by Crippen LogP contribution is 2.44. The lowest BCUT2D eigenvalue weighted by molar-refractivity contribution is 1.25. The summed E-state index contributed by atoms with van der Waals surface area (Å²) in [6, 6.07) is 42.1. The Bertz CT molecular complexity index is 1730. The predicted octanol–water partition coefficient (Wildman–Crippen LogP) is 6.21. The van der Waals surface area contributed by atoms with Crippen LogP contribution < -0.4 is 15.8 Å². The van der Waals surface area contributed by atoms with Crippen LogP contribution in [0.2, 0.25) is 0 Å². The Morgan fingerprint density at radius 2 is 1.21 bits per heavy atom. The van der Waals surface area contributed by atoms with E-state index >= 15 is 0 Å². The minimum atomic E-state index is 0.143. The maximum atomic E-state index is 2.59. The van der Waals surface area contributed by atoms with Crippen LogP contribution in [0.4, 0.5) is 17.1 Å². The van der Waals surface area contributed by atoms with Gasteiger partial charge in [0.15, 0.2) is 0 Å². The molecule has 0 spiro atoms. The largest absolute Gasteiger partial charge is 0.375 e. The molecule has 0 N–H and O–H groups in total. The molecule has 0 aliphatic carbocycles. The molecule has 2 nitrogen and oxygen atoms in total. The fourth-order valence-electron chi connectivity index (χ4n) is 6.14. The van der Waals surface area contributed by atoms with Gasteiger partial charge in [0.2, 0.25) is 0 Å². The van der Waals surface area contributed by atoms with Gasteiger partial charge in [-0.2, -0.15) is 0 Å². The topological polar surface area (TPSA) is 8.17 Å². The molecule has 0 unspecified atom stereocenters. The SMILES string of the molecule is c1ccc(N2c3ccccc3B3c4c(cccc42)-c2cccc4c5ccccc5n3c24)cc1. The van der Waals surface area contributed by atoms with Crippen molar-refractivity contribution in [2.45, 2.75) is 0 Å². The normalized spacial score (nSPS) is 13.3. The molecule has 0 radical (unpaired) electrons. The third-order valence-electron chi connectivity index (χ3n) is 7.36. The monoisotopic (exact) mass is 418 g/mol. The smallest absolute Gasteiger partial charge is 0.333 e. The highest BCUT2D eigenvalue weighted by molar-refractivity contribution is 6.90. The fourth-order valence-corrected chi connectivity index (χ4v) is 6.14. The number of aromatic nitrogens is 1. The Morgan fingerprint density at radius 3 is 2.15 bits per heavy atom. The van der Waals surface area contributed by atoms with Crippen LogP contribution in [0.25, 0.3) is 32.9 Å². The van der Waals surface area contributed by atoms with Crippen molar-refractivity contribution in [1.29, 1.82) is 0 Å². The van der Waals surface area contributed by atoms with E-state index in [0.29, 0.717) is 0 Å². The minimum absolute atomic E-state index is 0.143. The van der Waals surface area contributed by atoms with Crippen LogP contribution >= 0.6 is 0 Å². The summed E-state index contributed by atoms with van der Waals surface area (Å²) in [4.78, 5) is 2.43. The Balaban J connectivity index is 1.58. The number of benzene rings is 5. The zero-order chi connectivity index (χ0) is 21.5. The molecule has 5 aromatic carbocycles. The molecule has 33 heavy (non-hydrogen) atoms. The highest BCUT2D eigenvalue weighted by atomic mass is 15.2. The van der Waals surface area contributed by atoms with E-state index in [9.17, 15) is 0 Å². The lowest BCUT2D eigenvalue weighted by atomic mass is 9.45. The molecule has 2 aliphatic heterocycles. The van der Waals surface area contributed by atoms with E-state index in [0.717, 1.165) is 0 Å². The number of rotatable bonds is 1. The lowest BCUT2D eigenvalue weighted by Gasteiger charge is -2.40. The van der Waals surface area contributed by atoms with Crippen LogP contribution in [0.1, 0.15) is 0 Å². The quantitative estimate of drug-likeness (QED) is 0.288. The average Bonchev–Trinajstić information content (AvgIpc) is 3.22. The van der Waals surface area contributed by atoms with Gasteiger partial charge in [-0.1, -0.05) is 84.9 Å². The van der Waals surface area contributed by atoms with Crippen molar-refractivity contribution in [3.05, 3.63) is 115 Å². The number of hydrogen-bond donors (Lipinski definition) is 0. The zero-order valence-corrected chi connectivity index (χ0v) is 17.9. The Labute approximate surface area is 192 Å². The van der Waals surface area contributed by atoms with E-state index in [1.807, 2.05) is 0 Å². The predicted molar refractivity (Wildman–Crippen MR) is 140 cm³/mol. The first-order valence-corrected chi connectivity index (χ1v) is 11.5. The molecule has 0 saturated carbocycles. The van der Waals surface area contributed by atoms with Gasteiger partial charge in [0.25, 0.3) is 0 Å². The van der Waals surface area contributed by atoms with Crippen LogP contribution in [0.5, 0.6) is 0 Å². The van der Waals surface area contributed by atoms with Gasteiger partial charge in [0, 0.05) is 44.4 Å². The summed E-state index contributed by atoms with van der Waals surface area (Å²) in [5, 5.41) is 2.66. The summed E-state index contributed by atoms with van der Waals surface area (Å²) < 4.78 is 2.59. The van der Waals surface area contributed by atoms with Crippen molar-refractivity contribution in [1.82, 2.24) is 4.48 Å². The lowest BCUT2D eigenvalue weighted by Crippen LogP contribution is -2.56. The third kappa shape index (κ3) is 2.10. The Hall–Kier alpha value is -4.24. The van der Waals surface area contributed by atoms with E-state index < -0.39 is 0 Å². The molecular weight excluding hydrogens is 399 g/mol. The van der Waals surface area contributed by atoms with Gasteiger partial charge in [-0.25, -0.2) is 0 Å². The summed E-state index contributed by atoms with van der Waals surface area (Å²) in [7, 11) is 0. The van der Waals surface area contributed by atoms with Crippen LogP contribution in [-0.4, -0.2) is 11.3 Å². The van der Waals surface area contributed by atoms with Gasteiger partial charge in [0.1, 0.15) is 0 Å². The molecule has 3 heteroatoms. The third-order valence-corrected chi connectivity index (χ3v) is 7.36. The molecule has 0 fully saturated rings. The molecular formula is C30H19BN2. The van der Waals surface area contributed by atoms with Gasteiger partial charge >= 0.3 is 6.85 Å². The molecule has 0 bridgehead atoms. The molecule has 3 heterocycles. The van der Waals surface area contributed by atoms with Crippen LogP contribution in [0, 0.1) is 0 Å². The maximum Gasteiger partial charge on any atom is 0.333 e. The van der Waals surface area contributed by atoms with Crippen molar-refractivity contribution in [2.24, 2.45) is 0 Å². The number of anilines is 3. The van der Waals surface area contributed by atoms with E-state index in [2.05, 4.69) is 125 Å². The molecule has 6 aromatic rings. The van der Waals surface area contributed by atoms with Gasteiger partial charge in [-0.3, -0.25) is 0 Å². The van der Waals surface area contributed by atoms with E-state index in [1.165, 1.54) is 60.9 Å². The van der Waals surface area contributed by atoms with E-state index in [1.54, 1.807) is 0 Å². The van der Waals surface area contributed by atoms with E-state index in [4.69, 9.17) is 0 Å². The van der Waals surface area contributed by atoms with Crippen molar-refractivity contribution in [3.63, 3.8) is 0 Å². The summed E-state index contributed by atoms with van der Waals surface area (Å²) >= 11 is 0. The Kier molecular flexibility index (Phi) is 3.24. The van der Waals surface area contributed by atoms with Crippen molar-refractivity contribution in [3.8, 4) is 11.1 Å². The van der Waals surface area contributed by atoms with Gasteiger partial charge < -0.3 is 9.38 Å². The molecule has 2 aliphatic rings. The van der Waals surface area contributed by atoms with Crippen molar-refractivity contribution in [2.75, 3.05) is 4.90 Å². The van der Waals surface area contributed by atoms with E-state index in [-0.39, 0.29) is 6.85 Å². The van der Waals surface area contributed by atoms with Crippen molar-refractivity contribution >= 4 is 56.6 Å². The molecule has 0 saturated heterocycles. The second kappa shape index (κ2) is 6.17. The molecule has 1 aromatic heterocycles. The van der Waals surface area contributed by atoms with Gasteiger partial charge in [-0.05, 0) is 46.8 Å². The highest BCUT2D eigenvalue weighted by Gasteiger charge is 2.41. The number of fused-ring (bicyclic) bond motifs is 7. The molecule has 0 atom stereocenters. The standard InChI is InChI=1S/C30H19BN2/c1-2-10-20(11-3-1)32-27-18-7-5-16-25(27)31-29-22(13-9-19-28(29)32)24-15-8-14-23-21-12-4-6-17-26(21)33(31)30(23)24/h1-19H. The summed E-state index contributed by atoms with van der Waals surface area (Å²) in [6.45, 7) is 0.143. The maximum absolute atomic E-state index is 2.59. The van der Waals surface area contributed by atoms with Crippen molar-refractivity contribution < 1.29 is 0 Å².